The van der Waals surface area contributed by atoms with Crippen molar-refractivity contribution >= 4 is 17.5 Å². The predicted molar refractivity (Wildman–Crippen MR) is 74.8 cm³/mol. The van der Waals surface area contributed by atoms with E-state index in [4.69, 9.17) is 14.2 Å². The zero-order valence-corrected chi connectivity index (χ0v) is 11.9. The van der Waals surface area contributed by atoms with Crippen molar-refractivity contribution in [1.82, 2.24) is 0 Å². The van der Waals surface area contributed by atoms with Gasteiger partial charge in [0.2, 0.25) is 11.8 Å². The van der Waals surface area contributed by atoms with Gasteiger partial charge in [-0.05, 0) is 25.0 Å². The molecule has 2 bridgehead atoms. The first-order chi connectivity index (χ1) is 10.7. The van der Waals surface area contributed by atoms with Crippen LogP contribution in [0.25, 0.3) is 0 Å². The minimum absolute atomic E-state index is 0.0892. The summed E-state index contributed by atoms with van der Waals surface area (Å²) >= 11 is 0. The number of carbonyl (C=O) groups is 2. The normalized spacial score (nSPS) is 35.2. The van der Waals surface area contributed by atoms with Gasteiger partial charge >= 0.3 is 0 Å². The van der Waals surface area contributed by atoms with Gasteiger partial charge in [-0.1, -0.05) is 0 Å². The quantitative estimate of drug-likeness (QED) is 0.727. The standard InChI is InChI=1S/C16H15NO5/c18-15-13-10-3-4-11(22-10)14(13)16(19)17(15)8-1-2-9-12(7-8)21-6-5-20-9/h1-2,7,10-11,13-14H,3-6H2/t10-,11+,13-,14+. The van der Waals surface area contributed by atoms with Crippen molar-refractivity contribution in [2.45, 2.75) is 25.0 Å². The molecule has 114 valence electrons. The maximum absolute atomic E-state index is 12.7. The molecule has 2 amide bonds. The van der Waals surface area contributed by atoms with E-state index in [0.717, 1.165) is 12.8 Å². The van der Waals surface area contributed by atoms with E-state index in [1.165, 1.54) is 4.90 Å². The van der Waals surface area contributed by atoms with Gasteiger partial charge in [-0.15, -0.1) is 0 Å². The van der Waals surface area contributed by atoms with E-state index in [0.29, 0.717) is 30.4 Å². The van der Waals surface area contributed by atoms with Crippen LogP contribution >= 0.6 is 0 Å². The van der Waals surface area contributed by atoms with Crippen molar-refractivity contribution < 1.29 is 23.8 Å². The average Bonchev–Trinajstić information content (AvgIpc) is 3.21. The molecule has 0 N–H and O–H groups in total. The summed E-state index contributed by atoms with van der Waals surface area (Å²) in [5, 5.41) is 0. The molecular formula is C16H15NO5. The largest absolute Gasteiger partial charge is 0.486 e. The summed E-state index contributed by atoms with van der Waals surface area (Å²) in [6, 6.07) is 5.21. The minimum atomic E-state index is -0.306. The third kappa shape index (κ3) is 1.48. The van der Waals surface area contributed by atoms with Crippen LogP contribution in [0.1, 0.15) is 12.8 Å². The van der Waals surface area contributed by atoms with Crippen LogP contribution in [-0.2, 0) is 14.3 Å². The smallest absolute Gasteiger partial charge is 0.240 e. The molecule has 0 radical (unpaired) electrons. The Kier molecular flexibility index (Phi) is 2.39. The molecule has 3 saturated heterocycles. The molecule has 4 atom stereocenters. The molecule has 0 saturated carbocycles. The maximum Gasteiger partial charge on any atom is 0.240 e. The fourth-order valence-corrected chi connectivity index (χ4v) is 4.14. The summed E-state index contributed by atoms with van der Waals surface area (Å²) in [4.78, 5) is 26.7. The van der Waals surface area contributed by atoms with Gasteiger partial charge < -0.3 is 14.2 Å². The van der Waals surface area contributed by atoms with Crippen LogP contribution in [-0.4, -0.2) is 37.2 Å². The molecule has 0 unspecified atom stereocenters. The first kappa shape index (κ1) is 12.5. The molecule has 1 aromatic carbocycles. The summed E-state index contributed by atoms with van der Waals surface area (Å²) in [6.45, 7) is 0.986. The van der Waals surface area contributed by atoms with E-state index >= 15 is 0 Å². The van der Waals surface area contributed by atoms with Gasteiger partial charge in [-0.3, -0.25) is 9.59 Å². The molecule has 0 aliphatic carbocycles. The van der Waals surface area contributed by atoms with Crippen molar-refractivity contribution in [1.29, 1.82) is 0 Å². The van der Waals surface area contributed by atoms with Crippen LogP contribution in [0.4, 0.5) is 5.69 Å². The van der Waals surface area contributed by atoms with Crippen molar-refractivity contribution in [2.24, 2.45) is 11.8 Å². The van der Waals surface area contributed by atoms with E-state index < -0.39 is 0 Å². The Balaban J connectivity index is 1.53. The molecule has 6 heteroatoms. The summed E-state index contributed by atoms with van der Waals surface area (Å²) in [5.41, 5.74) is 0.563. The van der Waals surface area contributed by atoms with E-state index in [1.54, 1.807) is 18.2 Å². The highest BCUT2D eigenvalue weighted by molar-refractivity contribution is 6.22. The number of amides is 2. The molecule has 4 aliphatic rings. The van der Waals surface area contributed by atoms with Gasteiger partial charge in [-0.25, -0.2) is 4.90 Å². The van der Waals surface area contributed by atoms with E-state index in [-0.39, 0.29) is 35.9 Å². The fourth-order valence-electron chi connectivity index (χ4n) is 4.14. The molecule has 6 nitrogen and oxygen atoms in total. The second-order valence-corrected chi connectivity index (χ2v) is 6.18. The topological polar surface area (TPSA) is 65.1 Å². The lowest BCUT2D eigenvalue weighted by Crippen LogP contribution is -2.34. The van der Waals surface area contributed by atoms with E-state index in [1.807, 2.05) is 0 Å². The predicted octanol–water partition coefficient (Wildman–Crippen LogP) is 1.12. The van der Waals surface area contributed by atoms with Gasteiger partial charge in [0.1, 0.15) is 13.2 Å². The lowest BCUT2D eigenvalue weighted by molar-refractivity contribution is -0.124. The van der Waals surface area contributed by atoms with Crippen LogP contribution in [0.5, 0.6) is 11.5 Å². The van der Waals surface area contributed by atoms with Crippen molar-refractivity contribution in [3.05, 3.63) is 18.2 Å². The summed E-state index contributed by atoms with van der Waals surface area (Å²) in [6.07, 6.45) is 1.57. The Labute approximate surface area is 126 Å². The summed E-state index contributed by atoms with van der Waals surface area (Å²) in [7, 11) is 0. The van der Waals surface area contributed by atoms with Gasteiger partial charge in [0.25, 0.3) is 0 Å². The first-order valence-corrected chi connectivity index (χ1v) is 7.67. The summed E-state index contributed by atoms with van der Waals surface area (Å²) in [5.74, 6) is 0.343. The Morgan fingerprint density at radius 3 is 2.23 bits per heavy atom. The molecule has 0 aromatic heterocycles. The third-order valence-corrected chi connectivity index (χ3v) is 5.07. The number of imide groups is 1. The molecule has 4 heterocycles. The number of benzene rings is 1. The highest BCUT2D eigenvalue weighted by Crippen LogP contribution is 2.49. The molecule has 0 spiro atoms. The number of ether oxygens (including phenoxy) is 3. The average molecular weight is 301 g/mol. The highest BCUT2D eigenvalue weighted by atomic mass is 16.6. The molecular weight excluding hydrogens is 286 g/mol. The van der Waals surface area contributed by atoms with Gasteiger partial charge in [-0.2, -0.15) is 0 Å². The monoisotopic (exact) mass is 301 g/mol. The maximum atomic E-state index is 12.7. The van der Waals surface area contributed by atoms with Gasteiger partial charge in [0.05, 0.1) is 29.7 Å². The Bertz CT molecular complexity index is 659. The lowest BCUT2D eigenvalue weighted by atomic mass is 9.81. The lowest BCUT2D eigenvalue weighted by Gasteiger charge is -2.22. The van der Waals surface area contributed by atoms with Gasteiger partial charge in [0.15, 0.2) is 11.5 Å². The molecule has 1 aromatic rings. The van der Waals surface area contributed by atoms with Crippen LogP contribution in [0, 0.1) is 11.8 Å². The summed E-state index contributed by atoms with van der Waals surface area (Å²) < 4.78 is 16.8. The molecule has 3 fully saturated rings. The van der Waals surface area contributed by atoms with Crippen LogP contribution < -0.4 is 14.4 Å². The van der Waals surface area contributed by atoms with Crippen LogP contribution in [0.3, 0.4) is 0 Å². The fraction of sp³-hybridized carbons (Fsp3) is 0.500. The second-order valence-electron chi connectivity index (χ2n) is 6.18. The number of hydrogen-bond donors (Lipinski definition) is 0. The number of rotatable bonds is 1. The van der Waals surface area contributed by atoms with Crippen LogP contribution in [0.2, 0.25) is 0 Å². The highest BCUT2D eigenvalue weighted by Gasteiger charge is 2.62. The zero-order valence-electron chi connectivity index (χ0n) is 11.9. The second kappa shape index (κ2) is 4.23. The number of carbonyl (C=O) groups excluding carboxylic acids is 2. The molecule has 4 aliphatic heterocycles. The van der Waals surface area contributed by atoms with E-state index in [2.05, 4.69) is 0 Å². The third-order valence-electron chi connectivity index (χ3n) is 5.07. The number of fused-ring (bicyclic) bond motifs is 6. The van der Waals surface area contributed by atoms with E-state index in [9.17, 15) is 9.59 Å². The van der Waals surface area contributed by atoms with Crippen molar-refractivity contribution in [3.8, 4) is 11.5 Å². The Morgan fingerprint density at radius 1 is 0.909 bits per heavy atom. The van der Waals surface area contributed by atoms with Gasteiger partial charge in [0, 0.05) is 6.07 Å². The SMILES string of the molecule is O=C1[C@@H]2[C@H](C(=O)N1c1ccc3c(c1)OCCO3)[C@H]1CC[C@@H]2O1. The molecule has 22 heavy (non-hydrogen) atoms. The number of anilines is 1. The van der Waals surface area contributed by atoms with Crippen molar-refractivity contribution in [2.75, 3.05) is 18.1 Å². The Morgan fingerprint density at radius 2 is 1.55 bits per heavy atom. The number of nitrogens with zero attached hydrogens (tertiary/aromatic N) is 1. The van der Waals surface area contributed by atoms with Crippen molar-refractivity contribution in [3.63, 3.8) is 0 Å². The van der Waals surface area contributed by atoms with Crippen LogP contribution in [0.15, 0.2) is 18.2 Å². The minimum Gasteiger partial charge on any atom is -0.486 e. The first-order valence-electron chi connectivity index (χ1n) is 7.67. The molecule has 5 rings (SSSR count). The zero-order chi connectivity index (χ0) is 14.8. The number of hydrogen-bond acceptors (Lipinski definition) is 5. The Hall–Kier alpha value is -2.08.